The van der Waals surface area contributed by atoms with Gasteiger partial charge in [-0.05, 0) is 19.3 Å². The Morgan fingerprint density at radius 2 is 2.25 bits per heavy atom. The minimum absolute atomic E-state index is 0.0756. The predicted octanol–water partition coefficient (Wildman–Crippen LogP) is -0.647. The standard InChI is InChI=1S/C10H17N3O3/c14-9-8(2-1-4-11-9)13-10(15)12-7-3-5-16-6-7/h7-8H,1-6H2,(H,11,14)(H2,12,13,15). The first-order valence-corrected chi connectivity index (χ1v) is 5.68. The molecule has 0 saturated carbocycles. The second kappa shape index (κ2) is 5.16. The zero-order valence-corrected chi connectivity index (χ0v) is 9.12. The van der Waals surface area contributed by atoms with Crippen molar-refractivity contribution in [2.45, 2.75) is 31.3 Å². The van der Waals surface area contributed by atoms with Crippen molar-refractivity contribution in [2.75, 3.05) is 19.8 Å². The molecule has 0 bridgehead atoms. The number of urea groups is 1. The van der Waals surface area contributed by atoms with Gasteiger partial charge in [0.25, 0.3) is 0 Å². The van der Waals surface area contributed by atoms with Crippen LogP contribution in [-0.4, -0.2) is 43.8 Å². The quantitative estimate of drug-likeness (QED) is 0.586. The maximum atomic E-state index is 11.6. The van der Waals surface area contributed by atoms with Gasteiger partial charge in [0, 0.05) is 13.2 Å². The SMILES string of the molecule is O=C(NC1CCOC1)NC1CCCNC1=O. The molecule has 3 amide bonds. The van der Waals surface area contributed by atoms with Gasteiger partial charge in [0.15, 0.2) is 0 Å². The molecule has 2 saturated heterocycles. The van der Waals surface area contributed by atoms with Crippen LogP contribution < -0.4 is 16.0 Å². The maximum Gasteiger partial charge on any atom is 0.315 e. The van der Waals surface area contributed by atoms with E-state index in [1.165, 1.54) is 0 Å². The summed E-state index contributed by atoms with van der Waals surface area (Å²) >= 11 is 0. The predicted molar refractivity (Wildman–Crippen MR) is 56.9 cm³/mol. The van der Waals surface area contributed by atoms with E-state index < -0.39 is 6.04 Å². The van der Waals surface area contributed by atoms with Gasteiger partial charge in [-0.3, -0.25) is 4.79 Å². The molecule has 90 valence electrons. The Balaban J connectivity index is 1.75. The fraction of sp³-hybridized carbons (Fsp3) is 0.800. The molecule has 0 spiro atoms. The van der Waals surface area contributed by atoms with Crippen LogP contribution in [0.15, 0.2) is 0 Å². The third-order valence-corrected chi connectivity index (χ3v) is 2.86. The number of carbonyl (C=O) groups is 2. The molecular weight excluding hydrogens is 210 g/mol. The van der Waals surface area contributed by atoms with Gasteiger partial charge in [0.1, 0.15) is 6.04 Å². The number of piperidine rings is 1. The lowest BCUT2D eigenvalue weighted by Crippen LogP contribution is -2.54. The molecule has 0 aromatic heterocycles. The highest BCUT2D eigenvalue weighted by Gasteiger charge is 2.25. The molecule has 2 atom stereocenters. The molecule has 2 aliphatic heterocycles. The van der Waals surface area contributed by atoms with Crippen molar-refractivity contribution in [3.05, 3.63) is 0 Å². The Labute approximate surface area is 94.1 Å². The Kier molecular flexibility index (Phi) is 3.61. The third kappa shape index (κ3) is 2.85. The van der Waals surface area contributed by atoms with Crippen LogP contribution in [0.5, 0.6) is 0 Å². The van der Waals surface area contributed by atoms with E-state index in [2.05, 4.69) is 16.0 Å². The van der Waals surface area contributed by atoms with Crippen LogP contribution in [0.4, 0.5) is 4.79 Å². The summed E-state index contributed by atoms with van der Waals surface area (Å²) < 4.78 is 5.15. The topological polar surface area (TPSA) is 79.5 Å². The first-order chi connectivity index (χ1) is 7.75. The Hall–Kier alpha value is -1.30. The van der Waals surface area contributed by atoms with Gasteiger partial charge < -0.3 is 20.7 Å². The zero-order chi connectivity index (χ0) is 11.4. The number of carbonyl (C=O) groups excluding carboxylic acids is 2. The van der Waals surface area contributed by atoms with Crippen LogP contribution in [0, 0.1) is 0 Å². The summed E-state index contributed by atoms with van der Waals surface area (Å²) in [7, 11) is 0. The highest BCUT2D eigenvalue weighted by Crippen LogP contribution is 2.05. The normalized spacial score (nSPS) is 29.6. The molecule has 6 nitrogen and oxygen atoms in total. The fourth-order valence-corrected chi connectivity index (χ4v) is 1.94. The molecule has 2 heterocycles. The molecule has 2 rings (SSSR count). The molecule has 0 radical (unpaired) electrons. The summed E-state index contributed by atoms with van der Waals surface area (Å²) in [5, 5.41) is 8.19. The van der Waals surface area contributed by atoms with Gasteiger partial charge in [-0.2, -0.15) is 0 Å². The van der Waals surface area contributed by atoms with E-state index >= 15 is 0 Å². The lowest BCUT2D eigenvalue weighted by atomic mass is 10.1. The number of ether oxygens (including phenoxy) is 1. The highest BCUT2D eigenvalue weighted by atomic mass is 16.5. The molecule has 2 aliphatic rings. The summed E-state index contributed by atoms with van der Waals surface area (Å²) in [4.78, 5) is 22.9. The van der Waals surface area contributed by atoms with Crippen molar-refractivity contribution in [1.29, 1.82) is 0 Å². The van der Waals surface area contributed by atoms with Crippen LogP contribution in [0.25, 0.3) is 0 Å². The molecule has 3 N–H and O–H groups in total. The van der Waals surface area contributed by atoms with E-state index in [4.69, 9.17) is 4.74 Å². The largest absolute Gasteiger partial charge is 0.379 e. The maximum absolute atomic E-state index is 11.6. The van der Waals surface area contributed by atoms with E-state index in [-0.39, 0.29) is 18.0 Å². The monoisotopic (exact) mass is 227 g/mol. The number of rotatable bonds is 2. The van der Waals surface area contributed by atoms with Crippen molar-refractivity contribution in [1.82, 2.24) is 16.0 Å². The van der Waals surface area contributed by atoms with Crippen molar-refractivity contribution in [2.24, 2.45) is 0 Å². The number of hydrogen-bond donors (Lipinski definition) is 3. The summed E-state index contributed by atoms with van der Waals surface area (Å²) in [6, 6.07) is -0.597. The van der Waals surface area contributed by atoms with E-state index in [9.17, 15) is 9.59 Å². The molecule has 0 aromatic carbocycles. The van der Waals surface area contributed by atoms with Gasteiger partial charge in [0.2, 0.25) is 5.91 Å². The first-order valence-electron chi connectivity index (χ1n) is 5.68. The second-order valence-electron chi connectivity index (χ2n) is 4.16. The molecular formula is C10H17N3O3. The van der Waals surface area contributed by atoms with Crippen molar-refractivity contribution in [3.8, 4) is 0 Å². The first kappa shape index (κ1) is 11.2. The summed E-state index contributed by atoms with van der Waals surface area (Å²) in [6.07, 6.45) is 2.45. The second-order valence-corrected chi connectivity index (χ2v) is 4.16. The molecule has 6 heteroatoms. The van der Waals surface area contributed by atoms with Crippen LogP contribution >= 0.6 is 0 Å². The summed E-state index contributed by atoms with van der Waals surface area (Å²) in [5.41, 5.74) is 0. The van der Waals surface area contributed by atoms with Gasteiger partial charge in [0.05, 0.1) is 12.6 Å². The molecule has 0 aliphatic carbocycles. The molecule has 2 unspecified atom stereocenters. The summed E-state index contributed by atoms with van der Waals surface area (Å²) in [6.45, 7) is 1.95. The number of hydrogen-bond acceptors (Lipinski definition) is 3. The number of nitrogens with one attached hydrogen (secondary N) is 3. The average molecular weight is 227 g/mol. The molecule has 16 heavy (non-hydrogen) atoms. The average Bonchev–Trinajstić information content (AvgIpc) is 2.74. The fourth-order valence-electron chi connectivity index (χ4n) is 1.94. The minimum Gasteiger partial charge on any atom is -0.379 e. The minimum atomic E-state index is -0.393. The summed E-state index contributed by atoms with van der Waals surface area (Å²) in [5.74, 6) is -0.0935. The lowest BCUT2D eigenvalue weighted by Gasteiger charge is -2.23. The zero-order valence-electron chi connectivity index (χ0n) is 9.12. The van der Waals surface area contributed by atoms with Crippen LogP contribution in [0.2, 0.25) is 0 Å². The Morgan fingerprint density at radius 1 is 1.38 bits per heavy atom. The van der Waals surface area contributed by atoms with Gasteiger partial charge >= 0.3 is 6.03 Å². The van der Waals surface area contributed by atoms with Crippen LogP contribution in [0.3, 0.4) is 0 Å². The van der Waals surface area contributed by atoms with Gasteiger partial charge in [-0.1, -0.05) is 0 Å². The van der Waals surface area contributed by atoms with Crippen molar-refractivity contribution in [3.63, 3.8) is 0 Å². The smallest absolute Gasteiger partial charge is 0.315 e. The van der Waals surface area contributed by atoms with E-state index in [0.717, 1.165) is 12.8 Å². The van der Waals surface area contributed by atoms with Crippen molar-refractivity contribution >= 4 is 11.9 Å². The lowest BCUT2D eigenvalue weighted by molar-refractivity contribution is -0.124. The number of amides is 3. The van der Waals surface area contributed by atoms with Crippen molar-refractivity contribution < 1.29 is 14.3 Å². The van der Waals surface area contributed by atoms with E-state index in [1.54, 1.807) is 0 Å². The van der Waals surface area contributed by atoms with E-state index in [0.29, 0.717) is 26.2 Å². The molecule has 0 aromatic rings. The van der Waals surface area contributed by atoms with Crippen LogP contribution in [-0.2, 0) is 9.53 Å². The van der Waals surface area contributed by atoms with Gasteiger partial charge in [-0.25, -0.2) is 4.79 Å². The highest BCUT2D eigenvalue weighted by molar-refractivity contribution is 5.87. The Morgan fingerprint density at radius 3 is 2.94 bits per heavy atom. The Bertz CT molecular complexity index is 276. The van der Waals surface area contributed by atoms with E-state index in [1.807, 2.05) is 0 Å². The molecule has 2 fully saturated rings. The third-order valence-electron chi connectivity index (χ3n) is 2.86. The van der Waals surface area contributed by atoms with Gasteiger partial charge in [-0.15, -0.1) is 0 Å². The van der Waals surface area contributed by atoms with Crippen LogP contribution in [0.1, 0.15) is 19.3 Å².